The molecule has 0 spiro atoms. The summed E-state index contributed by atoms with van der Waals surface area (Å²) in [6, 6.07) is 10.7. The third-order valence-electron chi connectivity index (χ3n) is 5.89. The van der Waals surface area contributed by atoms with Gasteiger partial charge in [0.1, 0.15) is 18.4 Å². The molecule has 11 heteroatoms. The lowest BCUT2D eigenvalue weighted by atomic mass is 10.1. The summed E-state index contributed by atoms with van der Waals surface area (Å²) in [6.45, 7) is 6.57. The van der Waals surface area contributed by atoms with E-state index in [2.05, 4.69) is 5.32 Å². The summed E-state index contributed by atoms with van der Waals surface area (Å²) in [6.07, 6.45) is 2.82. The van der Waals surface area contributed by atoms with Crippen molar-refractivity contribution in [3.8, 4) is 5.75 Å². The Morgan fingerprint density at radius 3 is 2.29 bits per heavy atom. The van der Waals surface area contributed by atoms with Crippen LogP contribution in [0.2, 0.25) is 0 Å². The van der Waals surface area contributed by atoms with Crippen molar-refractivity contribution in [3.05, 3.63) is 53.6 Å². The molecule has 1 amide bonds. The van der Waals surface area contributed by atoms with Gasteiger partial charge in [-0.05, 0) is 75.1 Å². The fraction of sp³-hybridized carbons (Fsp3) is 0.458. The first kappa shape index (κ1) is 27.0. The van der Waals surface area contributed by atoms with E-state index in [9.17, 15) is 21.6 Å². The van der Waals surface area contributed by atoms with E-state index in [4.69, 9.17) is 4.74 Å². The van der Waals surface area contributed by atoms with Crippen LogP contribution < -0.4 is 14.4 Å². The van der Waals surface area contributed by atoms with Crippen molar-refractivity contribution in [1.29, 1.82) is 0 Å². The Morgan fingerprint density at radius 2 is 1.69 bits per heavy atom. The maximum atomic E-state index is 12.7. The van der Waals surface area contributed by atoms with Crippen molar-refractivity contribution in [2.24, 2.45) is 0 Å². The number of ether oxygens (including phenoxy) is 1. The van der Waals surface area contributed by atoms with Crippen LogP contribution in [0.4, 0.5) is 5.69 Å². The number of hydrogen-bond donors (Lipinski definition) is 1. The van der Waals surface area contributed by atoms with Gasteiger partial charge in [0.25, 0.3) is 0 Å². The number of rotatable bonds is 10. The average Bonchev–Trinajstić information content (AvgIpc) is 3.34. The molecule has 3 rings (SSSR count). The Bertz CT molecular complexity index is 1250. The molecule has 9 nitrogen and oxygen atoms in total. The van der Waals surface area contributed by atoms with Crippen LogP contribution in [-0.2, 0) is 24.8 Å². The minimum absolute atomic E-state index is 0.138. The molecular formula is C24H33N3O6S2. The molecule has 1 atom stereocenters. The molecule has 1 aliphatic rings. The van der Waals surface area contributed by atoms with E-state index in [1.807, 2.05) is 19.1 Å². The quantitative estimate of drug-likeness (QED) is 0.479. The van der Waals surface area contributed by atoms with Crippen LogP contribution in [0.3, 0.4) is 0 Å². The molecule has 2 aromatic carbocycles. The van der Waals surface area contributed by atoms with Crippen LogP contribution in [0.25, 0.3) is 0 Å². The fourth-order valence-electron chi connectivity index (χ4n) is 4.01. The Hall–Kier alpha value is -2.63. The zero-order valence-corrected chi connectivity index (χ0v) is 22.2. The van der Waals surface area contributed by atoms with Gasteiger partial charge in [0.2, 0.25) is 26.0 Å². The Labute approximate surface area is 208 Å². The fourth-order valence-corrected chi connectivity index (χ4v) is 6.76. The summed E-state index contributed by atoms with van der Waals surface area (Å²) in [5.74, 6) is 0.0211. The van der Waals surface area contributed by atoms with Gasteiger partial charge in [-0.3, -0.25) is 9.10 Å². The van der Waals surface area contributed by atoms with Gasteiger partial charge in [0, 0.05) is 13.1 Å². The van der Waals surface area contributed by atoms with Crippen LogP contribution in [0.1, 0.15) is 30.9 Å². The summed E-state index contributed by atoms with van der Waals surface area (Å²) >= 11 is 0. The molecule has 192 valence electrons. The van der Waals surface area contributed by atoms with Gasteiger partial charge in [0.05, 0.1) is 23.4 Å². The highest BCUT2D eigenvalue weighted by Crippen LogP contribution is 2.26. The first-order chi connectivity index (χ1) is 16.4. The second-order valence-corrected chi connectivity index (χ2v) is 12.5. The van der Waals surface area contributed by atoms with Crippen molar-refractivity contribution in [2.45, 2.75) is 44.6 Å². The number of nitrogens with one attached hydrogen (secondary N) is 1. The third kappa shape index (κ3) is 6.53. The number of carbonyl (C=O) groups excluding carboxylic acids is 1. The van der Waals surface area contributed by atoms with Gasteiger partial charge >= 0.3 is 0 Å². The highest BCUT2D eigenvalue weighted by Gasteiger charge is 2.30. The molecule has 0 saturated carbocycles. The van der Waals surface area contributed by atoms with Gasteiger partial charge in [-0.2, -0.15) is 4.31 Å². The van der Waals surface area contributed by atoms with Gasteiger partial charge in [0.15, 0.2) is 0 Å². The van der Waals surface area contributed by atoms with E-state index in [-0.39, 0.29) is 18.0 Å². The minimum atomic E-state index is -3.71. The van der Waals surface area contributed by atoms with E-state index >= 15 is 0 Å². The predicted octanol–water partition coefficient (Wildman–Crippen LogP) is 2.44. The van der Waals surface area contributed by atoms with Crippen molar-refractivity contribution in [2.75, 3.05) is 36.8 Å². The van der Waals surface area contributed by atoms with Gasteiger partial charge in [-0.25, -0.2) is 16.8 Å². The standard InChI is InChI=1S/C24H33N3O6S2/c1-18-7-8-19(2)23(17-18)27(34(4,29)30)20(3)24(28)25-13-16-33-21-9-11-22(12-10-21)35(31,32)26-14-5-6-15-26/h7-12,17,20H,5-6,13-16H2,1-4H3,(H,25,28)/t20-/m1/s1. The van der Waals surface area contributed by atoms with E-state index in [1.165, 1.54) is 16.4 Å². The highest BCUT2D eigenvalue weighted by molar-refractivity contribution is 7.92. The maximum Gasteiger partial charge on any atom is 0.243 e. The van der Waals surface area contributed by atoms with Crippen molar-refractivity contribution in [1.82, 2.24) is 9.62 Å². The SMILES string of the molecule is Cc1ccc(C)c(N([C@H](C)C(=O)NCCOc2ccc(S(=O)(=O)N3CCCC3)cc2)S(C)(=O)=O)c1. The van der Waals surface area contributed by atoms with Crippen LogP contribution in [0, 0.1) is 13.8 Å². The van der Waals surface area contributed by atoms with E-state index in [0.29, 0.717) is 24.5 Å². The van der Waals surface area contributed by atoms with Crippen LogP contribution in [-0.4, -0.2) is 65.6 Å². The minimum Gasteiger partial charge on any atom is -0.492 e. The number of amides is 1. The smallest absolute Gasteiger partial charge is 0.243 e. The van der Waals surface area contributed by atoms with Crippen LogP contribution in [0.5, 0.6) is 5.75 Å². The lowest BCUT2D eigenvalue weighted by molar-refractivity contribution is -0.121. The lowest BCUT2D eigenvalue weighted by Gasteiger charge is -2.29. The van der Waals surface area contributed by atoms with Crippen molar-refractivity contribution >= 4 is 31.6 Å². The summed E-state index contributed by atoms with van der Waals surface area (Å²) in [4.78, 5) is 13.0. The Kier molecular flexibility index (Phi) is 8.45. The summed E-state index contributed by atoms with van der Waals surface area (Å²) < 4.78 is 58.5. The van der Waals surface area contributed by atoms with Crippen molar-refractivity contribution < 1.29 is 26.4 Å². The number of anilines is 1. The molecule has 0 radical (unpaired) electrons. The number of carbonyl (C=O) groups is 1. The molecule has 0 unspecified atom stereocenters. The number of benzene rings is 2. The zero-order chi connectivity index (χ0) is 25.8. The highest BCUT2D eigenvalue weighted by atomic mass is 32.2. The van der Waals surface area contributed by atoms with E-state index in [1.54, 1.807) is 32.0 Å². The van der Waals surface area contributed by atoms with E-state index in [0.717, 1.165) is 34.5 Å². The van der Waals surface area contributed by atoms with Gasteiger partial charge < -0.3 is 10.1 Å². The number of nitrogens with zero attached hydrogens (tertiary/aromatic N) is 2. The molecule has 2 aromatic rings. The second-order valence-electron chi connectivity index (χ2n) is 8.75. The van der Waals surface area contributed by atoms with Crippen LogP contribution in [0.15, 0.2) is 47.4 Å². The Morgan fingerprint density at radius 1 is 1.06 bits per heavy atom. The second kappa shape index (κ2) is 11.0. The Balaban J connectivity index is 1.57. The molecule has 1 saturated heterocycles. The number of aryl methyl sites for hydroxylation is 2. The average molecular weight is 524 g/mol. The lowest BCUT2D eigenvalue weighted by Crippen LogP contribution is -2.48. The number of sulfonamides is 2. The van der Waals surface area contributed by atoms with Crippen molar-refractivity contribution in [3.63, 3.8) is 0 Å². The molecule has 0 aliphatic carbocycles. The number of hydrogen-bond acceptors (Lipinski definition) is 6. The molecule has 1 fully saturated rings. The molecular weight excluding hydrogens is 490 g/mol. The summed E-state index contributed by atoms with van der Waals surface area (Å²) in [5.41, 5.74) is 2.11. The summed E-state index contributed by atoms with van der Waals surface area (Å²) in [5, 5.41) is 2.71. The molecule has 35 heavy (non-hydrogen) atoms. The third-order valence-corrected chi connectivity index (χ3v) is 9.03. The molecule has 0 aromatic heterocycles. The monoisotopic (exact) mass is 523 g/mol. The van der Waals surface area contributed by atoms with E-state index < -0.39 is 32.0 Å². The van der Waals surface area contributed by atoms with Crippen LogP contribution >= 0.6 is 0 Å². The molecule has 1 N–H and O–H groups in total. The first-order valence-corrected chi connectivity index (χ1v) is 14.8. The first-order valence-electron chi connectivity index (χ1n) is 11.5. The molecule has 1 aliphatic heterocycles. The predicted molar refractivity (Wildman–Crippen MR) is 136 cm³/mol. The topological polar surface area (TPSA) is 113 Å². The molecule has 0 bridgehead atoms. The molecule has 1 heterocycles. The van der Waals surface area contributed by atoms with Gasteiger partial charge in [-0.15, -0.1) is 0 Å². The van der Waals surface area contributed by atoms with Gasteiger partial charge in [-0.1, -0.05) is 12.1 Å². The zero-order valence-electron chi connectivity index (χ0n) is 20.5. The normalized spacial score (nSPS) is 15.5. The largest absolute Gasteiger partial charge is 0.492 e. The summed E-state index contributed by atoms with van der Waals surface area (Å²) in [7, 11) is -7.19. The maximum absolute atomic E-state index is 12.7.